The van der Waals surface area contributed by atoms with E-state index < -0.39 is 5.41 Å². The lowest BCUT2D eigenvalue weighted by atomic mass is 9.83. The van der Waals surface area contributed by atoms with E-state index >= 15 is 0 Å². The van der Waals surface area contributed by atoms with Gasteiger partial charge in [0.1, 0.15) is 17.8 Å². The van der Waals surface area contributed by atoms with Crippen LogP contribution in [0.3, 0.4) is 0 Å². The summed E-state index contributed by atoms with van der Waals surface area (Å²) in [4.78, 5) is 42.1. The van der Waals surface area contributed by atoms with Gasteiger partial charge in [0.05, 0.1) is 24.0 Å². The number of H-pyrrole nitrogens is 1. The van der Waals surface area contributed by atoms with Gasteiger partial charge in [-0.3, -0.25) is 9.59 Å². The second-order valence-corrected chi connectivity index (χ2v) is 11.6. The maximum absolute atomic E-state index is 13.5. The van der Waals surface area contributed by atoms with E-state index in [4.69, 9.17) is 4.74 Å². The first-order valence-electron chi connectivity index (χ1n) is 14.7. The van der Waals surface area contributed by atoms with Crippen LogP contribution in [0.5, 0.6) is 0 Å². The summed E-state index contributed by atoms with van der Waals surface area (Å²) in [6, 6.07) is 18.1. The molecule has 2 aromatic heterocycles. The van der Waals surface area contributed by atoms with E-state index in [-0.39, 0.29) is 17.9 Å². The minimum absolute atomic E-state index is 0.0811. The Morgan fingerprint density at radius 1 is 1.05 bits per heavy atom. The van der Waals surface area contributed by atoms with Crippen molar-refractivity contribution in [2.45, 2.75) is 31.7 Å². The van der Waals surface area contributed by atoms with E-state index in [0.717, 1.165) is 77.6 Å². The van der Waals surface area contributed by atoms with E-state index in [1.54, 1.807) is 6.33 Å². The largest absolute Gasteiger partial charge is 0.378 e. The number of fused-ring (bicyclic) bond motifs is 1. The minimum Gasteiger partial charge on any atom is -0.378 e. The summed E-state index contributed by atoms with van der Waals surface area (Å²) in [6.45, 7) is 11.9. The number of hydrogen-bond donors (Lipinski definition) is 3. The molecule has 4 aromatic rings. The Morgan fingerprint density at radius 2 is 1.84 bits per heavy atom. The number of morpholine rings is 1. The molecule has 0 spiro atoms. The number of anilines is 3. The molecule has 4 heterocycles. The van der Waals surface area contributed by atoms with Crippen LogP contribution in [-0.2, 0) is 19.7 Å². The number of carbonyl (C=O) groups excluding carboxylic acids is 2. The second kappa shape index (κ2) is 11.9. The van der Waals surface area contributed by atoms with Crippen molar-refractivity contribution in [1.29, 1.82) is 0 Å². The van der Waals surface area contributed by atoms with Crippen molar-refractivity contribution in [1.82, 2.24) is 20.3 Å². The molecule has 10 nitrogen and oxygen atoms in total. The van der Waals surface area contributed by atoms with Crippen molar-refractivity contribution in [3.05, 3.63) is 79.1 Å². The molecule has 6 rings (SSSR count). The Bertz CT molecular complexity index is 1640. The fourth-order valence-electron chi connectivity index (χ4n) is 5.73. The molecule has 0 radical (unpaired) electrons. The number of hydrogen-bond acceptors (Lipinski definition) is 7. The average Bonchev–Trinajstić information content (AvgIpc) is 3.69. The van der Waals surface area contributed by atoms with Gasteiger partial charge >= 0.3 is 0 Å². The van der Waals surface area contributed by atoms with E-state index in [0.29, 0.717) is 13.2 Å². The van der Waals surface area contributed by atoms with Crippen LogP contribution >= 0.6 is 0 Å². The summed E-state index contributed by atoms with van der Waals surface area (Å²) in [5, 5.41) is 7.06. The Kier molecular flexibility index (Phi) is 7.86. The zero-order chi connectivity index (χ0) is 30.0. The van der Waals surface area contributed by atoms with Gasteiger partial charge in [-0.2, -0.15) is 0 Å². The molecule has 0 saturated carbocycles. The van der Waals surface area contributed by atoms with E-state index in [9.17, 15) is 9.59 Å². The highest BCUT2D eigenvalue weighted by atomic mass is 16.5. The van der Waals surface area contributed by atoms with Crippen molar-refractivity contribution < 1.29 is 14.3 Å². The SMILES string of the molecule is C=CC(=O)N[C@H]1CCN(c2cccc(C(C)(C)C(=O)Nc3ccc(-c4cc5c(N6CCOCC6)ncnc5[nH]4)cc3)c2)C1. The standard InChI is InChI=1S/C33H37N7O3/c1-4-29(41)36-25-12-13-40(20-25)26-7-5-6-23(18-26)33(2,3)32(42)37-24-10-8-22(9-11-24)28-19-27-30(38-28)34-21-35-31(27)39-14-16-43-17-15-39/h4-11,18-19,21,25H,1,12-17,20H2,2-3H3,(H,36,41)(H,37,42)(H,34,35,38)/t25-/m0/s1. The summed E-state index contributed by atoms with van der Waals surface area (Å²) in [5.74, 6) is 0.668. The van der Waals surface area contributed by atoms with Crippen LogP contribution in [0.25, 0.3) is 22.3 Å². The minimum atomic E-state index is -0.767. The zero-order valence-electron chi connectivity index (χ0n) is 24.6. The number of aromatic nitrogens is 3. The van der Waals surface area contributed by atoms with Gasteiger partial charge in [-0.25, -0.2) is 9.97 Å². The lowest BCUT2D eigenvalue weighted by Crippen LogP contribution is -2.36. The average molecular weight is 580 g/mol. The molecular formula is C33H37N7O3. The van der Waals surface area contributed by atoms with Crippen LogP contribution < -0.4 is 20.4 Å². The Hall–Kier alpha value is -4.70. The molecule has 1 atom stereocenters. The summed E-state index contributed by atoms with van der Waals surface area (Å²) in [5.41, 5.74) is 4.64. The molecule has 2 fully saturated rings. The first-order chi connectivity index (χ1) is 20.8. The van der Waals surface area contributed by atoms with Gasteiger partial charge in [0.15, 0.2) is 0 Å². The Balaban J connectivity index is 1.14. The third kappa shape index (κ3) is 5.96. The summed E-state index contributed by atoms with van der Waals surface area (Å²) in [7, 11) is 0. The Labute approximate surface area is 251 Å². The predicted molar refractivity (Wildman–Crippen MR) is 169 cm³/mol. The summed E-state index contributed by atoms with van der Waals surface area (Å²) < 4.78 is 5.50. The van der Waals surface area contributed by atoms with Gasteiger partial charge in [0.2, 0.25) is 11.8 Å². The van der Waals surface area contributed by atoms with Gasteiger partial charge < -0.3 is 30.2 Å². The van der Waals surface area contributed by atoms with Crippen molar-refractivity contribution in [3.8, 4) is 11.3 Å². The molecule has 2 saturated heterocycles. The van der Waals surface area contributed by atoms with Gasteiger partial charge in [-0.05, 0) is 67.8 Å². The van der Waals surface area contributed by atoms with E-state index in [1.165, 1.54) is 6.08 Å². The molecule has 0 unspecified atom stereocenters. The fourth-order valence-corrected chi connectivity index (χ4v) is 5.73. The van der Waals surface area contributed by atoms with Gasteiger partial charge in [-0.15, -0.1) is 0 Å². The summed E-state index contributed by atoms with van der Waals surface area (Å²) >= 11 is 0. The molecular weight excluding hydrogens is 542 g/mol. The molecule has 10 heteroatoms. The molecule has 2 aliphatic rings. The highest BCUT2D eigenvalue weighted by Gasteiger charge is 2.31. The fraction of sp³-hybridized carbons (Fsp3) is 0.333. The van der Waals surface area contributed by atoms with E-state index in [2.05, 4.69) is 54.1 Å². The van der Waals surface area contributed by atoms with Crippen LogP contribution in [0, 0.1) is 0 Å². The number of rotatable bonds is 8. The predicted octanol–water partition coefficient (Wildman–Crippen LogP) is 4.26. The number of nitrogens with one attached hydrogen (secondary N) is 3. The monoisotopic (exact) mass is 579 g/mol. The lowest BCUT2D eigenvalue weighted by molar-refractivity contribution is -0.120. The highest BCUT2D eigenvalue weighted by Crippen LogP contribution is 2.32. The van der Waals surface area contributed by atoms with Crippen LogP contribution in [0.15, 0.2) is 73.6 Å². The third-order valence-electron chi connectivity index (χ3n) is 8.39. The molecule has 3 N–H and O–H groups in total. The first-order valence-corrected chi connectivity index (χ1v) is 14.7. The number of amides is 2. The molecule has 2 amide bonds. The van der Waals surface area contributed by atoms with Crippen molar-refractivity contribution in [2.75, 3.05) is 54.5 Å². The van der Waals surface area contributed by atoms with Crippen LogP contribution in [0.4, 0.5) is 17.2 Å². The first kappa shape index (κ1) is 28.4. The molecule has 0 bridgehead atoms. The number of aromatic amines is 1. The van der Waals surface area contributed by atoms with Crippen molar-refractivity contribution in [2.24, 2.45) is 0 Å². The topological polar surface area (TPSA) is 115 Å². The van der Waals surface area contributed by atoms with Gasteiger partial charge in [0.25, 0.3) is 0 Å². The van der Waals surface area contributed by atoms with Crippen LogP contribution in [-0.4, -0.2) is 72.2 Å². The number of nitrogens with zero attached hydrogens (tertiary/aromatic N) is 4. The second-order valence-electron chi connectivity index (χ2n) is 11.6. The number of carbonyl (C=O) groups is 2. The Morgan fingerprint density at radius 3 is 2.60 bits per heavy atom. The lowest BCUT2D eigenvalue weighted by Gasteiger charge is -2.27. The summed E-state index contributed by atoms with van der Waals surface area (Å²) in [6.07, 6.45) is 3.76. The molecule has 222 valence electrons. The maximum Gasteiger partial charge on any atom is 0.243 e. The molecule has 2 aromatic carbocycles. The quantitative estimate of drug-likeness (QED) is 0.267. The van der Waals surface area contributed by atoms with Crippen LogP contribution in [0.1, 0.15) is 25.8 Å². The van der Waals surface area contributed by atoms with E-state index in [1.807, 2.05) is 56.3 Å². The van der Waals surface area contributed by atoms with Crippen LogP contribution in [0.2, 0.25) is 0 Å². The maximum atomic E-state index is 13.5. The number of ether oxygens (including phenoxy) is 1. The molecule has 0 aliphatic carbocycles. The normalized spacial score (nSPS) is 17.2. The molecule has 2 aliphatic heterocycles. The van der Waals surface area contributed by atoms with Gasteiger partial charge in [-0.1, -0.05) is 30.8 Å². The van der Waals surface area contributed by atoms with Gasteiger partial charge in [0, 0.05) is 49.3 Å². The van der Waals surface area contributed by atoms with Crippen molar-refractivity contribution in [3.63, 3.8) is 0 Å². The molecule has 43 heavy (non-hydrogen) atoms. The number of benzene rings is 2. The highest BCUT2D eigenvalue weighted by molar-refractivity contribution is 5.99. The van der Waals surface area contributed by atoms with Crippen molar-refractivity contribution >= 4 is 40.0 Å². The zero-order valence-corrected chi connectivity index (χ0v) is 24.6. The smallest absolute Gasteiger partial charge is 0.243 e. The third-order valence-corrected chi connectivity index (χ3v) is 8.39.